The molecule has 5 nitrogen and oxygen atoms in total. The Morgan fingerprint density at radius 2 is 2.00 bits per heavy atom. The standard InChI is InChI=1S/C20H20FN3O2S/c1-13-4-3-5-16(12-13)19-23-24-20(26-19)27-14(2)18(25)22-11-10-15-6-8-17(21)9-7-15/h3-9,12,14H,10-11H2,1-2H3,(H,22,25)/t14-/m0/s1. The molecule has 0 aliphatic heterocycles. The van der Waals surface area contributed by atoms with E-state index in [1.54, 1.807) is 19.1 Å². The van der Waals surface area contributed by atoms with Crippen LogP contribution in [-0.2, 0) is 11.2 Å². The number of hydrogen-bond acceptors (Lipinski definition) is 5. The van der Waals surface area contributed by atoms with Crippen molar-refractivity contribution < 1.29 is 13.6 Å². The fourth-order valence-corrected chi connectivity index (χ4v) is 3.19. The molecule has 3 rings (SSSR count). The minimum atomic E-state index is -0.371. The van der Waals surface area contributed by atoms with Crippen LogP contribution in [0.25, 0.3) is 11.5 Å². The Labute approximate surface area is 161 Å². The highest BCUT2D eigenvalue weighted by Gasteiger charge is 2.18. The average molecular weight is 385 g/mol. The van der Waals surface area contributed by atoms with Crippen LogP contribution in [0.4, 0.5) is 4.39 Å². The summed E-state index contributed by atoms with van der Waals surface area (Å²) in [5.74, 6) is 0.0555. The quantitative estimate of drug-likeness (QED) is 0.622. The molecular weight excluding hydrogens is 365 g/mol. The number of hydrogen-bond donors (Lipinski definition) is 1. The summed E-state index contributed by atoms with van der Waals surface area (Å²) >= 11 is 1.22. The van der Waals surface area contributed by atoms with Crippen molar-refractivity contribution in [3.63, 3.8) is 0 Å². The van der Waals surface area contributed by atoms with E-state index in [0.29, 0.717) is 24.1 Å². The Kier molecular flexibility index (Phi) is 6.24. The van der Waals surface area contributed by atoms with Gasteiger partial charge in [0.15, 0.2) is 0 Å². The zero-order chi connectivity index (χ0) is 19.2. The molecule has 1 atom stereocenters. The van der Waals surface area contributed by atoms with Gasteiger partial charge in [-0.2, -0.15) is 0 Å². The second-order valence-electron chi connectivity index (χ2n) is 6.17. The van der Waals surface area contributed by atoms with E-state index in [1.165, 1.54) is 23.9 Å². The topological polar surface area (TPSA) is 68.0 Å². The van der Waals surface area contributed by atoms with Crippen LogP contribution in [-0.4, -0.2) is 27.9 Å². The Bertz CT molecular complexity index is 912. The Morgan fingerprint density at radius 1 is 1.22 bits per heavy atom. The van der Waals surface area contributed by atoms with Crippen LogP contribution in [0.2, 0.25) is 0 Å². The summed E-state index contributed by atoms with van der Waals surface area (Å²) in [6.07, 6.45) is 0.640. The Morgan fingerprint density at radius 3 is 2.74 bits per heavy atom. The molecule has 27 heavy (non-hydrogen) atoms. The van der Waals surface area contributed by atoms with Gasteiger partial charge in [-0.05, 0) is 50.1 Å². The molecule has 1 N–H and O–H groups in total. The summed E-state index contributed by atoms with van der Waals surface area (Å²) in [5, 5.41) is 10.9. The molecule has 2 aromatic carbocycles. The van der Waals surface area contributed by atoms with Gasteiger partial charge in [0.2, 0.25) is 11.8 Å². The molecule has 1 amide bonds. The number of benzene rings is 2. The Hall–Kier alpha value is -2.67. The lowest BCUT2D eigenvalue weighted by Gasteiger charge is -2.09. The molecular formula is C20H20FN3O2S. The summed E-state index contributed by atoms with van der Waals surface area (Å²) < 4.78 is 18.5. The van der Waals surface area contributed by atoms with Crippen LogP contribution in [0.5, 0.6) is 0 Å². The molecule has 0 saturated carbocycles. The molecule has 1 aromatic heterocycles. The van der Waals surface area contributed by atoms with Gasteiger partial charge in [-0.15, -0.1) is 10.2 Å². The smallest absolute Gasteiger partial charge is 0.277 e. The van der Waals surface area contributed by atoms with Crippen molar-refractivity contribution in [2.75, 3.05) is 6.54 Å². The van der Waals surface area contributed by atoms with E-state index in [1.807, 2.05) is 31.2 Å². The summed E-state index contributed by atoms with van der Waals surface area (Å²) in [4.78, 5) is 12.2. The van der Waals surface area contributed by atoms with Crippen LogP contribution in [0, 0.1) is 12.7 Å². The van der Waals surface area contributed by atoms with Crippen LogP contribution < -0.4 is 5.32 Å². The predicted octanol–water partition coefficient (Wildman–Crippen LogP) is 4.02. The molecule has 0 bridgehead atoms. The highest BCUT2D eigenvalue weighted by atomic mass is 32.2. The first kappa shape index (κ1) is 19.1. The molecule has 0 radical (unpaired) electrons. The number of rotatable bonds is 7. The molecule has 7 heteroatoms. The van der Waals surface area contributed by atoms with Gasteiger partial charge in [0.25, 0.3) is 5.22 Å². The van der Waals surface area contributed by atoms with Crippen molar-refractivity contribution in [2.45, 2.75) is 30.7 Å². The van der Waals surface area contributed by atoms with Gasteiger partial charge in [0, 0.05) is 12.1 Å². The number of nitrogens with zero attached hydrogens (tertiary/aromatic N) is 2. The lowest BCUT2D eigenvalue weighted by molar-refractivity contribution is -0.120. The Balaban J connectivity index is 1.50. The third kappa shape index (κ3) is 5.40. The molecule has 3 aromatic rings. The number of aromatic nitrogens is 2. The second kappa shape index (κ2) is 8.81. The van der Waals surface area contributed by atoms with E-state index in [2.05, 4.69) is 15.5 Å². The second-order valence-corrected chi connectivity index (χ2v) is 7.46. The summed E-state index contributed by atoms with van der Waals surface area (Å²) in [7, 11) is 0. The third-order valence-electron chi connectivity index (χ3n) is 3.94. The number of nitrogens with one attached hydrogen (secondary N) is 1. The van der Waals surface area contributed by atoms with E-state index in [0.717, 1.165) is 16.7 Å². The number of halogens is 1. The molecule has 0 saturated heterocycles. The monoisotopic (exact) mass is 385 g/mol. The minimum Gasteiger partial charge on any atom is -0.411 e. The minimum absolute atomic E-state index is 0.114. The average Bonchev–Trinajstić information content (AvgIpc) is 3.12. The van der Waals surface area contributed by atoms with Crippen molar-refractivity contribution in [2.24, 2.45) is 0 Å². The fraction of sp³-hybridized carbons (Fsp3) is 0.250. The van der Waals surface area contributed by atoms with Crippen LogP contribution in [0.1, 0.15) is 18.1 Å². The SMILES string of the molecule is Cc1cccc(-c2nnc(S[C@@H](C)C(=O)NCCc3ccc(F)cc3)o2)c1. The number of aryl methyl sites for hydroxylation is 1. The van der Waals surface area contributed by atoms with Crippen LogP contribution in [0.3, 0.4) is 0 Å². The largest absolute Gasteiger partial charge is 0.411 e. The number of carbonyl (C=O) groups excluding carboxylic acids is 1. The first-order chi connectivity index (χ1) is 13.0. The molecule has 0 unspecified atom stereocenters. The lowest BCUT2D eigenvalue weighted by atomic mass is 10.1. The molecule has 0 aliphatic carbocycles. The molecule has 140 valence electrons. The fourth-order valence-electron chi connectivity index (χ4n) is 2.48. The van der Waals surface area contributed by atoms with Crippen molar-refractivity contribution in [1.82, 2.24) is 15.5 Å². The molecule has 0 fully saturated rings. The first-order valence-corrected chi connectivity index (χ1v) is 9.48. The van der Waals surface area contributed by atoms with Crippen LogP contribution in [0.15, 0.2) is 58.2 Å². The number of thioether (sulfide) groups is 1. The van der Waals surface area contributed by atoms with Gasteiger partial charge < -0.3 is 9.73 Å². The number of amides is 1. The van der Waals surface area contributed by atoms with E-state index in [4.69, 9.17) is 4.42 Å². The zero-order valence-electron chi connectivity index (χ0n) is 15.1. The third-order valence-corrected chi connectivity index (χ3v) is 4.88. The van der Waals surface area contributed by atoms with Gasteiger partial charge in [0.05, 0.1) is 5.25 Å². The van der Waals surface area contributed by atoms with Crippen molar-refractivity contribution in [3.05, 3.63) is 65.5 Å². The van der Waals surface area contributed by atoms with E-state index in [-0.39, 0.29) is 17.0 Å². The summed E-state index contributed by atoms with van der Waals surface area (Å²) in [5.41, 5.74) is 2.93. The maximum Gasteiger partial charge on any atom is 0.277 e. The van der Waals surface area contributed by atoms with Gasteiger partial charge >= 0.3 is 0 Å². The zero-order valence-corrected chi connectivity index (χ0v) is 15.9. The van der Waals surface area contributed by atoms with Crippen molar-refractivity contribution >= 4 is 17.7 Å². The molecule has 0 spiro atoms. The summed E-state index contributed by atoms with van der Waals surface area (Å²) in [6.45, 7) is 4.26. The summed E-state index contributed by atoms with van der Waals surface area (Å²) in [6, 6.07) is 14.0. The number of carbonyl (C=O) groups is 1. The van der Waals surface area contributed by atoms with Gasteiger partial charge in [-0.3, -0.25) is 4.79 Å². The predicted molar refractivity (Wildman–Crippen MR) is 103 cm³/mol. The van der Waals surface area contributed by atoms with Gasteiger partial charge in [-0.1, -0.05) is 41.6 Å². The highest BCUT2D eigenvalue weighted by Crippen LogP contribution is 2.26. The van der Waals surface area contributed by atoms with Crippen molar-refractivity contribution in [3.8, 4) is 11.5 Å². The van der Waals surface area contributed by atoms with E-state index < -0.39 is 0 Å². The first-order valence-electron chi connectivity index (χ1n) is 8.60. The maximum absolute atomic E-state index is 12.9. The normalized spacial score (nSPS) is 12.0. The van der Waals surface area contributed by atoms with E-state index >= 15 is 0 Å². The molecule has 0 aliphatic rings. The van der Waals surface area contributed by atoms with Gasteiger partial charge in [-0.25, -0.2) is 4.39 Å². The van der Waals surface area contributed by atoms with Crippen molar-refractivity contribution in [1.29, 1.82) is 0 Å². The maximum atomic E-state index is 12.9. The highest BCUT2D eigenvalue weighted by molar-refractivity contribution is 8.00. The van der Waals surface area contributed by atoms with E-state index in [9.17, 15) is 9.18 Å². The van der Waals surface area contributed by atoms with Crippen LogP contribution >= 0.6 is 11.8 Å². The van der Waals surface area contributed by atoms with Gasteiger partial charge in [0.1, 0.15) is 5.82 Å². The lowest BCUT2D eigenvalue weighted by Crippen LogP contribution is -2.32. The molecule has 1 heterocycles.